The Labute approximate surface area is 197 Å². The Bertz CT molecular complexity index is 1190. The predicted octanol–water partition coefficient (Wildman–Crippen LogP) is 3.00. The van der Waals surface area contributed by atoms with E-state index >= 15 is 4.39 Å². The fourth-order valence-electron chi connectivity index (χ4n) is 4.25. The molecule has 1 amide bonds. The van der Waals surface area contributed by atoms with Crippen molar-refractivity contribution >= 4 is 11.9 Å². The van der Waals surface area contributed by atoms with Crippen LogP contribution in [-0.2, 0) is 6.18 Å². The van der Waals surface area contributed by atoms with Gasteiger partial charge in [0.25, 0.3) is 5.91 Å². The van der Waals surface area contributed by atoms with Gasteiger partial charge in [-0.15, -0.1) is 0 Å². The Kier molecular flexibility index (Phi) is 5.85. The molecule has 0 spiro atoms. The molecule has 184 valence electrons. The molecule has 1 saturated heterocycles. The van der Waals surface area contributed by atoms with Crippen LogP contribution in [0, 0.1) is 6.92 Å². The lowest BCUT2D eigenvalue weighted by atomic mass is 10.00. The molecule has 13 heteroatoms. The number of carbonyl (C=O) groups is 1. The summed E-state index contributed by atoms with van der Waals surface area (Å²) in [5.74, 6) is 0.769. The number of carbonyl (C=O) groups excluding carboxylic acids is 1. The summed E-state index contributed by atoms with van der Waals surface area (Å²) in [6.45, 7) is 1.99. The number of nitrogens with zero attached hydrogens (tertiary/aromatic N) is 8. The first-order chi connectivity index (χ1) is 16.7. The van der Waals surface area contributed by atoms with Crippen LogP contribution in [0.25, 0.3) is 5.95 Å². The molecule has 2 atom stereocenters. The highest BCUT2D eigenvalue weighted by Crippen LogP contribution is 2.35. The first kappa shape index (κ1) is 23.1. The zero-order valence-corrected chi connectivity index (χ0v) is 18.7. The third kappa shape index (κ3) is 4.66. The van der Waals surface area contributed by atoms with Crippen LogP contribution >= 0.6 is 0 Å². The molecule has 5 rings (SSSR count). The van der Waals surface area contributed by atoms with E-state index in [4.69, 9.17) is 0 Å². The number of amides is 1. The number of imidazole rings is 1. The molecule has 0 bridgehead atoms. The second-order valence-electron chi connectivity index (χ2n) is 8.65. The van der Waals surface area contributed by atoms with Crippen molar-refractivity contribution in [3.8, 4) is 5.95 Å². The number of halogens is 4. The van der Waals surface area contributed by atoms with E-state index in [1.807, 2.05) is 0 Å². The van der Waals surface area contributed by atoms with Gasteiger partial charge < -0.3 is 9.80 Å². The lowest BCUT2D eigenvalue weighted by Crippen LogP contribution is -2.55. The molecule has 0 N–H and O–H groups in total. The largest absolute Gasteiger partial charge is 0.419 e. The van der Waals surface area contributed by atoms with E-state index < -0.39 is 24.0 Å². The molecule has 0 radical (unpaired) electrons. The van der Waals surface area contributed by atoms with Crippen LogP contribution in [-0.4, -0.2) is 71.6 Å². The molecular formula is C22H22F4N8O. The molecule has 0 aromatic carbocycles. The van der Waals surface area contributed by atoms with Gasteiger partial charge in [0, 0.05) is 49.8 Å². The molecule has 0 unspecified atom stereocenters. The molecule has 3 aromatic rings. The van der Waals surface area contributed by atoms with Crippen LogP contribution < -0.4 is 4.90 Å². The van der Waals surface area contributed by atoms with Gasteiger partial charge in [-0.05, 0) is 26.2 Å². The van der Waals surface area contributed by atoms with Crippen LogP contribution in [0.5, 0.6) is 0 Å². The number of hydrogen-bond acceptors (Lipinski definition) is 7. The Balaban J connectivity index is 1.29. The maximum Gasteiger partial charge on any atom is 0.419 e. The highest BCUT2D eigenvalue weighted by Gasteiger charge is 2.44. The van der Waals surface area contributed by atoms with Crippen molar-refractivity contribution in [3.05, 3.63) is 54.1 Å². The first-order valence-electron chi connectivity index (χ1n) is 11.2. The minimum atomic E-state index is -4.54. The molecule has 9 nitrogen and oxygen atoms in total. The van der Waals surface area contributed by atoms with Crippen LogP contribution in [0.3, 0.4) is 0 Å². The summed E-state index contributed by atoms with van der Waals surface area (Å²) in [6.07, 6.45) is 3.47. The van der Waals surface area contributed by atoms with Crippen LogP contribution in [0.15, 0.2) is 37.2 Å². The highest BCUT2D eigenvalue weighted by molar-refractivity contribution is 5.94. The molecule has 1 aliphatic heterocycles. The molecular weight excluding hydrogens is 468 g/mol. The van der Waals surface area contributed by atoms with Gasteiger partial charge in [-0.2, -0.15) is 13.2 Å². The molecule has 2 aliphatic rings. The number of piperidine rings is 1. The van der Waals surface area contributed by atoms with E-state index in [0.717, 1.165) is 12.8 Å². The van der Waals surface area contributed by atoms with E-state index in [9.17, 15) is 18.0 Å². The Morgan fingerprint density at radius 2 is 1.66 bits per heavy atom. The smallest absolute Gasteiger partial charge is 0.338 e. The second-order valence-corrected chi connectivity index (χ2v) is 8.65. The summed E-state index contributed by atoms with van der Waals surface area (Å²) < 4.78 is 55.3. The fraction of sp³-hybridized carbons (Fsp3) is 0.455. The van der Waals surface area contributed by atoms with Gasteiger partial charge in [0.2, 0.25) is 11.9 Å². The standard InChI is InChI=1S/C22H22F4N8O/c1-13-27-5-7-33(13)21-28-8-14(9-29-21)19(35)34(16-2-3-16)18-4-6-32(12-17(18)23)20-30-10-15(11-31-20)22(24,25)26/h5,7-11,16-18H,2-4,6,12H2,1H3/t17-,18+/m0/s1. The predicted molar refractivity (Wildman–Crippen MR) is 116 cm³/mol. The number of anilines is 1. The van der Waals surface area contributed by atoms with E-state index in [-0.39, 0.29) is 30.0 Å². The van der Waals surface area contributed by atoms with Crippen LogP contribution in [0.1, 0.15) is 41.0 Å². The topological polar surface area (TPSA) is 92.9 Å². The monoisotopic (exact) mass is 490 g/mol. The zero-order valence-electron chi connectivity index (χ0n) is 18.7. The third-order valence-corrected chi connectivity index (χ3v) is 6.21. The lowest BCUT2D eigenvalue weighted by Gasteiger charge is -2.41. The first-order valence-corrected chi connectivity index (χ1v) is 11.2. The van der Waals surface area contributed by atoms with Crippen LogP contribution in [0.4, 0.5) is 23.5 Å². The molecule has 4 heterocycles. The van der Waals surface area contributed by atoms with E-state index in [2.05, 4.69) is 24.9 Å². The Morgan fingerprint density at radius 1 is 1.00 bits per heavy atom. The molecule has 1 saturated carbocycles. The minimum Gasteiger partial charge on any atom is -0.338 e. The van der Waals surface area contributed by atoms with Crippen molar-refractivity contribution < 1.29 is 22.4 Å². The number of rotatable bonds is 5. The summed E-state index contributed by atoms with van der Waals surface area (Å²) >= 11 is 0. The Hall–Kier alpha value is -3.64. The fourth-order valence-corrected chi connectivity index (χ4v) is 4.25. The number of aromatic nitrogens is 6. The quantitative estimate of drug-likeness (QED) is 0.508. The minimum absolute atomic E-state index is 0.0298. The van der Waals surface area contributed by atoms with Crippen molar-refractivity contribution in [2.45, 2.75) is 50.6 Å². The molecule has 2 fully saturated rings. The van der Waals surface area contributed by atoms with Crippen molar-refractivity contribution in [1.82, 2.24) is 34.4 Å². The molecule has 1 aliphatic carbocycles. The van der Waals surface area contributed by atoms with E-state index in [1.165, 1.54) is 17.3 Å². The summed E-state index contributed by atoms with van der Waals surface area (Å²) in [6, 6.07) is -0.730. The number of alkyl halides is 4. The maximum atomic E-state index is 15.3. The number of aryl methyl sites for hydroxylation is 1. The van der Waals surface area contributed by atoms with Gasteiger partial charge in [-0.3, -0.25) is 9.36 Å². The van der Waals surface area contributed by atoms with E-state index in [0.29, 0.717) is 37.1 Å². The van der Waals surface area contributed by atoms with Gasteiger partial charge in [0.05, 0.1) is 23.7 Å². The summed E-state index contributed by atoms with van der Waals surface area (Å²) in [7, 11) is 0. The Morgan fingerprint density at radius 3 is 2.20 bits per heavy atom. The third-order valence-electron chi connectivity index (χ3n) is 6.21. The average Bonchev–Trinajstić information content (AvgIpc) is 3.59. The molecule has 3 aromatic heterocycles. The normalized spacial score (nSPS) is 20.7. The summed E-state index contributed by atoms with van der Waals surface area (Å²) in [4.78, 5) is 36.6. The van der Waals surface area contributed by atoms with Gasteiger partial charge in [-0.1, -0.05) is 0 Å². The highest BCUT2D eigenvalue weighted by atomic mass is 19.4. The van der Waals surface area contributed by atoms with Crippen LogP contribution in [0.2, 0.25) is 0 Å². The van der Waals surface area contributed by atoms with Crippen molar-refractivity contribution in [2.24, 2.45) is 0 Å². The SMILES string of the molecule is Cc1nccn1-c1ncc(C(=O)N(C2CC2)[C@@H]2CCN(c3ncc(C(F)(F)F)cn3)C[C@@H]2F)cn1. The van der Waals surface area contributed by atoms with E-state index in [1.54, 1.807) is 28.8 Å². The van der Waals surface area contributed by atoms with Gasteiger partial charge in [0.15, 0.2) is 0 Å². The average molecular weight is 490 g/mol. The number of hydrogen-bond donors (Lipinski definition) is 0. The van der Waals surface area contributed by atoms with Gasteiger partial charge >= 0.3 is 6.18 Å². The molecule has 35 heavy (non-hydrogen) atoms. The summed E-state index contributed by atoms with van der Waals surface area (Å²) in [5.41, 5.74) is -0.700. The zero-order chi connectivity index (χ0) is 24.7. The van der Waals surface area contributed by atoms with Crippen molar-refractivity contribution in [3.63, 3.8) is 0 Å². The van der Waals surface area contributed by atoms with Crippen molar-refractivity contribution in [2.75, 3.05) is 18.0 Å². The second kappa shape index (κ2) is 8.86. The van der Waals surface area contributed by atoms with Gasteiger partial charge in [0.1, 0.15) is 12.0 Å². The maximum absolute atomic E-state index is 15.3. The summed E-state index contributed by atoms with van der Waals surface area (Å²) in [5, 5.41) is 0. The lowest BCUT2D eigenvalue weighted by molar-refractivity contribution is -0.138. The van der Waals surface area contributed by atoms with Gasteiger partial charge in [-0.25, -0.2) is 29.3 Å². The van der Waals surface area contributed by atoms with Crippen molar-refractivity contribution in [1.29, 1.82) is 0 Å².